The van der Waals surface area contributed by atoms with Gasteiger partial charge in [-0.3, -0.25) is 4.79 Å². The van der Waals surface area contributed by atoms with Crippen LogP contribution in [0.2, 0.25) is 0 Å². The summed E-state index contributed by atoms with van der Waals surface area (Å²) in [6, 6.07) is 3.66. The highest BCUT2D eigenvalue weighted by molar-refractivity contribution is 5.88. The molecule has 182 valence electrons. The van der Waals surface area contributed by atoms with E-state index in [0.717, 1.165) is 24.3 Å². The van der Waals surface area contributed by atoms with Gasteiger partial charge < -0.3 is 59.8 Å². The van der Waals surface area contributed by atoms with Gasteiger partial charge in [0.2, 0.25) is 17.5 Å². The van der Waals surface area contributed by atoms with E-state index in [9.17, 15) is 50.8 Å². The summed E-state index contributed by atoms with van der Waals surface area (Å²) in [6.07, 6.45) is -8.64. The average Bonchev–Trinajstić information content (AvgIpc) is 2.78. The Balaban J connectivity index is 1.94. The Morgan fingerprint density at radius 3 is 2.12 bits per heavy atom. The van der Waals surface area contributed by atoms with E-state index in [2.05, 4.69) is 0 Å². The van der Waals surface area contributed by atoms with Gasteiger partial charge in [0, 0.05) is 17.7 Å². The molecule has 0 bridgehead atoms. The number of benzene rings is 2. The molecule has 1 saturated heterocycles. The van der Waals surface area contributed by atoms with Gasteiger partial charge in [0.25, 0.3) is 0 Å². The molecule has 13 heteroatoms. The van der Waals surface area contributed by atoms with Gasteiger partial charge in [0.1, 0.15) is 46.9 Å². The first kappa shape index (κ1) is 23.4. The van der Waals surface area contributed by atoms with Crippen LogP contribution in [0.4, 0.5) is 0 Å². The predicted octanol–water partition coefficient (Wildman–Crippen LogP) is -0.833. The molecule has 0 radical (unpaired) electrons. The second kappa shape index (κ2) is 8.55. The zero-order valence-electron chi connectivity index (χ0n) is 17.1. The molecule has 34 heavy (non-hydrogen) atoms. The van der Waals surface area contributed by atoms with Crippen LogP contribution in [0.1, 0.15) is 0 Å². The molecule has 0 aliphatic carbocycles. The summed E-state index contributed by atoms with van der Waals surface area (Å²) < 4.78 is 16.3. The van der Waals surface area contributed by atoms with Gasteiger partial charge in [-0.25, -0.2) is 0 Å². The Labute approximate surface area is 189 Å². The topological polar surface area (TPSA) is 231 Å². The van der Waals surface area contributed by atoms with Gasteiger partial charge in [0.05, 0.1) is 6.61 Å². The number of aliphatic hydroxyl groups is 4. The maximum atomic E-state index is 13.3. The number of aromatic hydroxyl groups is 5. The molecule has 1 aromatic heterocycles. The summed E-state index contributed by atoms with van der Waals surface area (Å²) >= 11 is 0. The maximum Gasteiger partial charge on any atom is 0.239 e. The molecule has 2 heterocycles. The zero-order chi connectivity index (χ0) is 24.9. The smallest absolute Gasteiger partial charge is 0.239 e. The first-order valence-electron chi connectivity index (χ1n) is 9.78. The summed E-state index contributed by atoms with van der Waals surface area (Å²) in [6.45, 7) is -0.774. The first-order valence-corrected chi connectivity index (χ1v) is 9.78. The van der Waals surface area contributed by atoms with Crippen molar-refractivity contribution in [2.24, 2.45) is 0 Å². The average molecular weight is 480 g/mol. The van der Waals surface area contributed by atoms with Crippen LogP contribution < -0.4 is 10.2 Å². The molecule has 1 aliphatic heterocycles. The highest BCUT2D eigenvalue weighted by atomic mass is 16.7. The van der Waals surface area contributed by atoms with Crippen LogP contribution in [-0.2, 0) is 4.74 Å². The summed E-state index contributed by atoms with van der Waals surface area (Å²) in [5, 5.41) is 88.6. The minimum Gasteiger partial charge on any atom is -0.508 e. The Bertz CT molecular complexity index is 1280. The fourth-order valence-corrected chi connectivity index (χ4v) is 3.58. The third-order valence-electron chi connectivity index (χ3n) is 5.33. The normalized spacial score (nSPS) is 24.9. The van der Waals surface area contributed by atoms with Crippen molar-refractivity contribution >= 4 is 11.0 Å². The van der Waals surface area contributed by atoms with Crippen molar-refractivity contribution in [3.8, 4) is 45.8 Å². The van der Waals surface area contributed by atoms with Crippen LogP contribution >= 0.6 is 0 Å². The minimum absolute atomic E-state index is 0.214. The second-order valence-electron chi connectivity index (χ2n) is 7.61. The van der Waals surface area contributed by atoms with Crippen molar-refractivity contribution in [1.82, 2.24) is 0 Å². The van der Waals surface area contributed by atoms with Crippen LogP contribution in [-0.4, -0.2) is 83.3 Å². The van der Waals surface area contributed by atoms with Gasteiger partial charge >= 0.3 is 0 Å². The van der Waals surface area contributed by atoms with Crippen LogP contribution in [0, 0.1) is 0 Å². The van der Waals surface area contributed by atoms with Gasteiger partial charge in [-0.05, 0) is 12.1 Å². The van der Waals surface area contributed by atoms with E-state index >= 15 is 0 Å². The Morgan fingerprint density at radius 2 is 1.50 bits per heavy atom. The molecule has 1 aliphatic rings. The lowest BCUT2D eigenvalue weighted by molar-refractivity contribution is -0.277. The quantitative estimate of drug-likeness (QED) is 0.208. The van der Waals surface area contributed by atoms with Gasteiger partial charge in [-0.15, -0.1) is 0 Å². The molecule has 1 fully saturated rings. The first-order chi connectivity index (χ1) is 16.0. The number of fused-ring (bicyclic) bond motifs is 1. The van der Waals surface area contributed by atoms with Crippen LogP contribution in [0.3, 0.4) is 0 Å². The van der Waals surface area contributed by atoms with Crippen molar-refractivity contribution in [2.75, 3.05) is 6.61 Å². The fraction of sp³-hybridized carbons (Fsp3) is 0.286. The Kier molecular flexibility index (Phi) is 5.89. The van der Waals surface area contributed by atoms with Crippen molar-refractivity contribution < 1.29 is 59.8 Å². The lowest BCUT2D eigenvalue weighted by Crippen LogP contribution is -2.60. The molecule has 4 rings (SSSR count). The number of phenols is 5. The maximum absolute atomic E-state index is 13.3. The Hall–Kier alpha value is -3.75. The van der Waals surface area contributed by atoms with E-state index in [1.54, 1.807) is 0 Å². The monoisotopic (exact) mass is 480 g/mol. The minimum atomic E-state index is -1.91. The number of rotatable bonds is 4. The third-order valence-corrected chi connectivity index (χ3v) is 5.33. The number of hydrogen-bond donors (Lipinski definition) is 9. The summed E-state index contributed by atoms with van der Waals surface area (Å²) in [5.74, 6) is -4.83. The summed E-state index contributed by atoms with van der Waals surface area (Å²) in [4.78, 5) is 13.3. The molecule has 5 atom stereocenters. The van der Waals surface area contributed by atoms with Crippen molar-refractivity contribution in [1.29, 1.82) is 0 Å². The fourth-order valence-electron chi connectivity index (χ4n) is 3.58. The molecule has 0 amide bonds. The van der Waals surface area contributed by atoms with E-state index < -0.39 is 88.4 Å². The van der Waals surface area contributed by atoms with E-state index in [1.807, 2.05) is 0 Å². The van der Waals surface area contributed by atoms with E-state index in [0.29, 0.717) is 0 Å². The predicted molar refractivity (Wildman–Crippen MR) is 111 cm³/mol. The number of aliphatic hydroxyl groups excluding tert-OH is 4. The molecule has 0 saturated carbocycles. The van der Waals surface area contributed by atoms with Crippen LogP contribution in [0.25, 0.3) is 22.3 Å². The van der Waals surface area contributed by atoms with Gasteiger partial charge in [-0.1, -0.05) is 0 Å². The summed E-state index contributed by atoms with van der Waals surface area (Å²) in [7, 11) is 0. The van der Waals surface area contributed by atoms with Gasteiger partial charge in [-0.2, -0.15) is 0 Å². The molecule has 0 unspecified atom stereocenters. The van der Waals surface area contributed by atoms with Crippen molar-refractivity contribution in [3.63, 3.8) is 0 Å². The third kappa shape index (κ3) is 3.81. The van der Waals surface area contributed by atoms with Crippen LogP contribution in [0.15, 0.2) is 33.5 Å². The lowest BCUT2D eigenvalue weighted by Gasteiger charge is -2.39. The van der Waals surface area contributed by atoms with Crippen molar-refractivity contribution in [3.05, 3.63) is 34.5 Å². The molecule has 13 nitrogen and oxygen atoms in total. The highest BCUT2D eigenvalue weighted by Gasteiger charge is 2.45. The molecule has 9 N–H and O–H groups in total. The SMILES string of the molecule is O=c1c(O[C@H]2O[C@@H](CO)[C@H](O)[C@@H](O)[C@@H]2O)c(-c2cc(O)c(O)c(O)c2)oc2cc(O)cc(O)c12. The van der Waals surface area contributed by atoms with Crippen LogP contribution in [0.5, 0.6) is 34.5 Å². The van der Waals surface area contributed by atoms with Gasteiger partial charge in [0.15, 0.2) is 23.0 Å². The molecule has 3 aromatic rings. The highest BCUT2D eigenvalue weighted by Crippen LogP contribution is 2.43. The van der Waals surface area contributed by atoms with Crippen molar-refractivity contribution in [2.45, 2.75) is 30.7 Å². The zero-order valence-corrected chi connectivity index (χ0v) is 17.1. The number of ether oxygens (including phenoxy) is 2. The second-order valence-corrected chi connectivity index (χ2v) is 7.61. The molecular weight excluding hydrogens is 460 g/mol. The standard InChI is InChI=1S/C21H20O13/c22-5-12-15(28)17(30)18(31)21(33-12)34-20-16(29)13-8(24)3-7(23)4-11(13)32-19(20)6-1-9(25)14(27)10(26)2-6/h1-4,12,15,17-18,21-28,30-31H,5H2/t12-,15-,17+,18-,21+/m0/s1. The Morgan fingerprint density at radius 1 is 0.853 bits per heavy atom. The largest absolute Gasteiger partial charge is 0.508 e. The summed E-state index contributed by atoms with van der Waals surface area (Å²) in [5.41, 5.74) is -1.59. The van der Waals surface area contributed by atoms with E-state index in [1.165, 1.54) is 0 Å². The lowest BCUT2D eigenvalue weighted by atomic mass is 9.99. The number of hydrogen-bond acceptors (Lipinski definition) is 13. The molecule has 0 spiro atoms. The molecule has 2 aromatic carbocycles. The number of phenolic OH excluding ortho intramolecular Hbond substituents is 5. The van der Waals surface area contributed by atoms with E-state index in [-0.39, 0.29) is 11.1 Å². The molecular formula is C21H20O13. The van der Waals surface area contributed by atoms with E-state index in [4.69, 9.17) is 13.9 Å².